The first-order chi connectivity index (χ1) is 9.15. The van der Waals surface area contributed by atoms with Gasteiger partial charge in [0, 0.05) is 18.5 Å². The highest BCUT2D eigenvalue weighted by molar-refractivity contribution is 5.68. The first-order valence-electron chi connectivity index (χ1n) is 7.07. The van der Waals surface area contributed by atoms with Gasteiger partial charge in [0.05, 0.1) is 5.69 Å². The molecular formula is C15H26N2O3. The number of alkyl carbamates (subject to hydrolysis) is 1. The van der Waals surface area contributed by atoms with Crippen LogP contribution in [-0.2, 0) is 11.2 Å². The summed E-state index contributed by atoms with van der Waals surface area (Å²) in [5.41, 5.74) is 0.357. The van der Waals surface area contributed by atoms with Crippen molar-refractivity contribution in [3.63, 3.8) is 0 Å². The van der Waals surface area contributed by atoms with Crippen molar-refractivity contribution in [3.05, 3.63) is 17.5 Å². The summed E-state index contributed by atoms with van der Waals surface area (Å²) in [7, 11) is 0. The molecule has 0 aliphatic rings. The van der Waals surface area contributed by atoms with Gasteiger partial charge in [-0.3, -0.25) is 0 Å². The van der Waals surface area contributed by atoms with Gasteiger partial charge in [0.2, 0.25) is 0 Å². The highest BCUT2D eigenvalue weighted by Crippen LogP contribution is 2.13. The van der Waals surface area contributed by atoms with E-state index in [2.05, 4.69) is 24.3 Å². The van der Waals surface area contributed by atoms with Gasteiger partial charge in [-0.05, 0) is 40.0 Å². The Bertz CT molecular complexity index is 433. The van der Waals surface area contributed by atoms with Crippen molar-refractivity contribution < 1.29 is 14.1 Å². The van der Waals surface area contributed by atoms with Crippen molar-refractivity contribution in [2.75, 3.05) is 0 Å². The second-order valence-electron chi connectivity index (χ2n) is 6.61. The molecule has 0 bridgehead atoms. The highest BCUT2D eigenvalue weighted by atomic mass is 16.6. The van der Waals surface area contributed by atoms with Crippen LogP contribution in [0.1, 0.15) is 52.5 Å². The Morgan fingerprint density at radius 2 is 2.10 bits per heavy atom. The van der Waals surface area contributed by atoms with Crippen molar-refractivity contribution in [1.29, 1.82) is 0 Å². The van der Waals surface area contributed by atoms with E-state index in [1.165, 1.54) is 0 Å². The summed E-state index contributed by atoms with van der Waals surface area (Å²) in [6, 6.07) is 1.88. The second-order valence-corrected chi connectivity index (χ2v) is 6.61. The number of nitrogens with one attached hydrogen (secondary N) is 1. The minimum Gasteiger partial charge on any atom is -0.444 e. The lowest BCUT2D eigenvalue weighted by Crippen LogP contribution is -2.40. The van der Waals surface area contributed by atoms with Crippen LogP contribution in [-0.4, -0.2) is 22.9 Å². The standard InChI is InChI=1S/C15H26N2O3/c1-10(2)7-12(9-13-8-11(3)17-20-13)16-14(18)19-15(4,5)6/h8,10,12H,7,9H2,1-6H3,(H,16,18)/t12-/m0/s1. The van der Waals surface area contributed by atoms with E-state index in [1.54, 1.807) is 0 Å². The minimum absolute atomic E-state index is 0.0165. The molecule has 1 aromatic heterocycles. The van der Waals surface area contributed by atoms with Crippen LogP contribution in [0.5, 0.6) is 0 Å². The maximum atomic E-state index is 11.9. The Kier molecular flexibility index (Phi) is 5.60. The monoisotopic (exact) mass is 282 g/mol. The molecule has 0 fully saturated rings. The van der Waals surface area contributed by atoms with Crippen LogP contribution in [0.2, 0.25) is 0 Å². The van der Waals surface area contributed by atoms with Gasteiger partial charge in [0.1, 0.15) is 11.4 Å². The van der Waals surface area contributed by atoms with Crippen LogP contribution in [0.15, 0.2) is 10.6 Å². The number of carbonyl (C=O) groups excluding carboxylic acids is 1. The van der Waals surface area contributed by atoms with Crippen molar-refractivity contribution >= 4 is 6.09 Å². The molecule has 5 nitrogen and oxygen atoms in total. The molecule has 1 rings (SSSR count). The fraction of sp³-hybridized carbons (Fsp3) is 0.733. The van der Waals surface area contributed by atoms with Crippen LogP contribution in [0, 0.1) is 12.8 Å². The van der Waals surface area contributed by atoms with Crippen LogP contribution < -0.4 is 5.32 Å². The number of nitrogens with zero attached hydrogens (tertiary/aromatic N) is 1. The Hall–Kier alpha value is -1.52. The topological polar surface area (TPSA) is 64.4 Å². The summed E-state index contributed by atoms with van der Waals surface area (Å²) >= 11 is 0. The Morgan fingerprint density at radius 3 is 2.55 bits per heavy atom. The van der Waals surface area contributed by atoms with E-state index in [0.29, 0.717) is 12.3 Å². The molecule has 1 heterocycles. The third kappa shape index (κ3) is 6.59. The van der Waals surface area contributed by atoms with Crippen molar-refractivity contribution in [2.45, 2.75) is 66.0 Å². The molecule has 0 unspecified atom stereocenters. The lowest BCUT2D eigenvalue weighted by atomic mass is 10.00. The smallest absolute Gasteiger partial charge is 0.407 e. The minimum atomic E-state index is -0.491. The van der Waals surface area contributed by atoms with Gasteiger partial charge in [0.15, 0.2) is 0 Å². The van der Waals surface area contributed by atoms with Gasteiger partial charge < -0.3 is 14.6 Å². The number of rotatable bonds is 5. The zero-order valence-corrected chi connectivity index (χ0v) is 13.3. The molecule has 0 radical (unpaired) electrons. The zero-order chi connectivity index (χ0) is 15.3. The lowest BCUT2D eigenvalue weighted by molar-refractivity contribution is 0.0497. The van der Waals surface area contributed by atoms with Crippen LogP contribution in [0.25, 0.3) is 0 Å². The van der Waals surface area contributed by atoms with Crippen molar-refractivity contribution in [1.82, 2.24) is 10.5 Å². The number of amides is 1. The molecule has 1 aromatic rings. The van der Waals surface area contributed by atoms with Crippen LogP contribution >= 0.6 is 0 Å². The highest BCUT2D eigenvalue weighted by Gasteiger charge is 2.21. The van der Waals surface area contributed by atoms with Gasteiger partial charge >= 0.3 is 6.09 Å². The first-order valence-corrected chi connectivity index (χ1v) is 7.07. The molecule has 0 spiro atoms. The molecule has 114 valence electrons. The molecule has 5 heteroatoms. The van der Waals surface area contributed by atoms with E-state index in [0.717, 1.165) is 17.9 Å². The molecule has 0 saturated carbocycles. The molecular weight excluding hydrogens is 256 g/mol. The molecule has 1 N–H and O–H groups in total. The average Bonchev–Trinajstić information content (AvgIpc) is 2.59. The predicted molar refractivity (Wildman–Crippen MR) is 77.6 cm³/mol. The third-order valence-corrected chi connectivity index (χ3v) is 2.60. The Morgan fingerprint density at radius 1 is 1.45 bits per heavy atom. The lowest BCUT2D eigenvalue weighted by Gasteiger charge is -2.24. The van der Waals surface area contributed by atoms with E-state index in [4.69, 9.17) is 9.26 Å². The first kappa shape index (κ1) is 16.5. The van der Waals surface area contributed by atoms with E-state index >= 15 is 0 Å². The second kappa shape index (κ2) is 6.77. The van der Waals surface area contributed by atoms with Crippen molar-refractivity contribution in [2.24, 2.45) is 5.92 Å². The molecule has 0 aliphatic heterocycles. The number of carbonyl (C=O) groups is 1. The fourth-order valence-electron chi connectivity index (χ4n) is 1.99. The Balaban J connectivity index is 2.62. The van der Waals surface area contributed by atoms with Crippen LogP contribution in [0.4, 0.5) is 4.79 Å². The number of aromatic nitrogens is 1. The summed E-state index contributed by atoms with van der Waals surface area (Å²) in [6.45, 7) is 11.7. The van der Waals surface area contributed by atoms with Crippen LogP contribution in [0.3, 0.4) is 0 Å². The molecule has 20 heavy (non-hydrogen) atoms. The molecule has 1 atom stereocenters. The summed E-state index contributed by atoms with van der Waals surface area (Å²) in [4.78, 5) is 11.9. The summed E-state index contributed by atoms with van der Waals surface area (Å²) in [5, 5.41) is 6.78. The average molecular weight is 282 g/mol. The van der Waals surface area contributed by atoms with E-state index in [1.807, 2.05) is 33.8 Å². The molecule has 1 amide bonds. The van der Waals surface area contributed by atoms with Gasteiger partial charge in [-0.2, -0.15) is 0 Å². The Labute approximate surface area is 121 Å². The van der Waals surface area contributed by atoms with E-state index < -0.39 is 5.60 Å². The number of hydrogen-bond acceptors (Lipinski definition) is 4. The van der Waals surface area contributed by atoms with Gasteiger partial charge in [-0.25, -0.2) is 4.79 Å². The number of aryl methyl sites for hydroxylation is 1. The maximum absolute atomic E-state index is 11.9. The summed E-state index contributed by atoms with van der Waals surface area (Å²) in [6.07, 6.45) is 1.09. The summed E-state index contributed by atoms with van der Waals surface area (Å²) < 4.78 is 10.5. The largest absolute Gasteiger partial charge is 0.444 e. The molecule has 0 saturated heterocycles. The number of hydrogen-bond donors (Lipinski definition) is 1. The van der Waals surface area contributed by atoms with E-state index in [-0.39, 0.29) is 12.1 Å². The van der Waals surface area contributed by atoms with E-state index in [9.17, 15) is 4.79 Å². The van der Waals surface area contributed by atoms with Crippen molar-refractivity contribution in [3.8, 4) is 0 Å². The third-order valence-electron chi connectivity index (χ3n) is 2.60. The molecule has 0 aliphatic carbocycles. The predicted octanol–water partition coefficient (Wildman–Crippen LogP) is 3.46. The van der Waals surface area contributed by atoms with Gasteiger partial charge in [-0.1, -0.05) is 19.0 Å². The summed E-state index contributed by atoms with van der Waals surface area (Å²) in [5.74, 6) is 1.25. The van der Waals surface area contributed by atoms with Gasteiger partial charge in [0.25, 0.3) is 0 Å². The number of ether oxygens (including phenoxy) is 1. The molecule has 0 aromatic carbocycles. The fourth-order valence-corrected chi connectivity index (χ4v) is 1.99. The SMILES string of the molecule is Cc1cc(C[C@H](CC(C)C)NC(=O)OC(C)(C)C)on1. The quantitative estimate of drug-likeness (QED) is 0.898. The maximum Gasteiger partial charge on any atom is 0.407 e. The normalized spacial score (nSPS) is 13.3. The zero-order valence-electron chi connectivity index (χ0n) is 13.3. The van der Waals surface area contributed by atoms with Gasteiger partial charge in [-0.15, -0.1) is 0 Å².